The normalized spacial score (nSPS) is 11.3. The molecule has 50 heavy (non-hydrogen) atoms. The third-order valence-electron chi connectivity index (χ3n) is 8.48. The van der Waals surface area contributed by atoms with E-state index in [0.29, 0.717) is 5.92 Å². The Kier molecular flexibility index (Phi) is 14.1. The summed E-state index contributed by atoms with van der Waals surface area (Å²) in [4.78, 5) is 16.4. The van der Waals surface area contributed by atoms with Crippen LogP contribution in [0.3, 0.4) is 0 Å². The van der Waals surface area contributed by atoms with E-state index in [0.717, 1.165) is 0 Å². The zero-order chi connectivity index (χ0) is 36.6. The van der Waals surface area contributed by atoms with Crippen LogP contribution in [0.1, 0.15) is 57.2 Å². The van der Waals surface area contributed by atoms with Crippen LogP contribution in [0.2, 0.25) is 13.1 Å². The summed E-state index contributed by atoms with van der Waals surface area (Å²) in [7, 11) is 7.26. The second-order valence-corrected chi connectivity index (χ2v) is 21.2. The Labute approximate surface area is 318 Å². The Bertz CT molecular complexity index is 2120. The molecule has 0 amide bonds. The number of benzene rings is 5. The quantitative estimate of drug-likeness (QED) is 0.138. The molecule has 0 saturated heterocycles. The Morgan fingerprint density at radius 3 is 1.70 bits per heavy atom. The number of halogens is 2. The van der Waals surface area contributed by atoms with Gasteiger partial charge < -0.3 is 9.59 Å². The van der Waals surface area contributed by atoms with Crippen molar-refractivity contribution in [3.63, 3.8) is 0 Å². The topological polar surface area (TPSA) is 40.5 Å². The number of rotatable bonds is 3. The van der Waals surface area contributed by atoms with Crippen LogP contribution in [0.25, 0.3) is 54.6 Å². The molecule has 0 bridgehead atoms. The summed E-state index contributed by atoms with van der Waals surface area (Å²) < 4.78 is 0. The summed E-state index contributed by atoms with van der Waals surface area (Å²) >= 11 is -0.826. The van der Waals surface area contributed by atoms with Crippen LogP contribution in [-0.4, -0.2) is 18.2 Å². The fourth-order valence-electron chi connectivity index (χ4n) is 6.07. The first-order valence-corrected chi connectivity index (χ1v) is 26.2. The molecule has 0 aliphatic rings. The Morgan fingerprint density at radius 2 is 1.12 bits per heavy atom. The first-order chi connectivity index (χ1) is 23.6. The predicted octanol–water partition coefficient (Wildman–Crippen LogP) is 13.4. The Morgan fingerprint density at radius 1 is 0.640 bits per heavy atom. The van der Waals surface area contributed by atoms with Gasteiger partial charge in [0.25, 0.3) is 0 Å². The minimum absolute atomic E-state index is 0.204. The van der Waals surface area contributed by atoms with Crippen molar-refractivity contribution in [1.82, 2.24) is 0 Å². The van der Waals surface area contributed by atoms with Crippen molar-refractivity contribution in [2.24, 2.45) is 0 Å². The molecule has 0 atom stereocenters. The van der Waals surface area contributed by atoms with Gasteiger partial charge in [0.05, 0.1) is 0 Å². The van der Waals surface area contributed by atoms with Crippen molar-refractivity contribution in [2.45, 2.75) is 66.0 Å². The van der Waals surface area contributed by atoms with E-state index >= 15 is 0 Å². The van der Waals surface area contributed by atoms with Gasteiger partial charge in [0.15, 0.2) is 0 Å². The zero-order valence-electron chi connectivity index (χ0n) is 30.4. The Hall–Kier alpha value is -2.82. The molecule has 0 fully saturated rings. The molecule has 0 spiro atoms. The van der Waals surface area contributed by atoms with Crippen molar-refractivity contribution in [2.75, 3.05) is 0 Å². The number of aryl methyl sites for hydroxylation is 1. The van der Waals surface area contributed by atoms with Crippen molar-refractivity contribution in [3.8, 4) is 22.3 Å². The third-order valence-corrected chi connectivity index (χ3v) is 8.48. The summed E-state index contributed by atoms with van der Waals surface area (Å²) in [5, 5.41) is 8.01. The van der Waals surface area contributed by atoms with Crippen molar-refractivity contribution in [1.29, 1.82) is 0 Å². The fraction of sp³-hybridized carbons (Fsp3) is 0.227. The van der Waals surface area contributed by atoms with E-state index in [1.165, 1.54) is 84.4 Å². The van der Waals surface area contributed by atoms with Crippen molar-refractivity contribution >= 4 is 57.9 Å². The van der Waals surface area contributed by atoms with Gasteiger partial charge in [-0.3, -0.25) is 0 Å². The van der Waals surface area contributed by atoms with E-state index in [4.69, 9.17) is 26.6 Å². The molecule has 7 aromatic carbocycles. The van der Waals surface area contributed by atoms with Crippen LogP contribution in [-0.2, 0) is 26.3 Å². The first kappa shape index (κ1) is 40.0. The van der Waals surface area contributed by atoms with Gasteiger partial charge in [-0.05, 0) is 51.9 Å². The van der Waals surface area contributed by atoms with Crippen LogP contribution < -0.4 is 0 Å². The molecule has 0 aromatic heterocycles. The van der Waals surface area contributed by atoms with E-state index in [1.807, 2.05) is 0 Å². The molecule has 0 saturated carbocycles. The molecule has 0 aliphatic heterocycles. The SMILES string of the molecule is CC(C)c1cc2c(-c3ccc(C(C)(C)C)cc3)cccc2[cH-]1.C[Si](C)(O)O.Cc1cc2c(-c3cccc4ccccc34)cccc2[cH-]1.[Cl][Zr+2][Cl]. The predicted molar refractivity (Wildman–Crippen MR) is 219 cm³/mol. The van der Waals surface area contributed by atoms with Gasteiger partial charge in [-0.2, -0.15) is 12.1 Å². The van der Waals surface area contributed by atoms with E-state index in [2.05, 4.69) is 169 Å². The molecule has 2 nitrogen and oxygen atoms in total. The summed E-state index contributed by atoms with van der Waals surface area (Å²) in [5.41, 5.74) is 9.63. The molecule has 0 aliphatic carbocycles. The fourth-order valence-corrected chi connectivity index (χ4v) is 6.07. The van der Waals surface area contributed by atoms with Crippen LogP contribution in [0, 0.1) is 6.92 Å². The standard InChI is InChI=1S/C22H25.C20H15.C2H8O2Si.2ClH.Zr/c1-15(2)18-13-17-7-6-8-20(21(17)14-18)16-9-11-19(12-10-16)22(3,4)5;1-14-12-16-8-5-11-19(20(16)13-14)18-10-4-7-15-6-2-3-9-17(15)18;1-5(2,3)4;;;/h6-15H,1-5H3;2-13H,1H3;3-4H,1-2H3;2*1H;/q2*-1;;;;+4/p-2. The first-order valence-electron chi connectivity index (χ1n) is 17.0. The number of fused-ring (bicyclic) bond motifs is 3. The summed E-state index contributed by atoms with van der Waals surface area (Å²) in [5.74, 6) is 0.573. The second kappa shape index (κ2) is 17.6. The molecular weight excluding hydrogens is 751 g/mol. The van der Waals surface area contributed by atoms with Gasteiger partial charge >= 0.3 is 46.4 Å². The zero-order valence-corrected chi connectivity index (χ0v) is 35.3. The van der Waals surface area contributed by atoms with Gasteiger partial charge in [-0.1, -0.05) is 132 Å². The van der Waals surface area contributed by atoms with E-state index in [1.54, 1.807) is 0 Å². The molecule has 6 heteroatoms. The van der Waals surface area contributed by atoms with E-state index in [-0.39, 0.29) is 5.41 Å². The van der Waals surface area contributed by atoms with Gasteiger partial charge in [-0.15, -0.1) is 69.1 Å². The summed E-state index contributed by atoms with van der Waals surface area (Å²) in [6, 6.07) is 46.6. The molecular formula is C44H48Cl2O2SiZr. The van der Waals surface area contributed by atoms with E-state index < -0.39 is 29.4 Å². The number of hydrogen-bond donors (Lipinski definition) is 2. The Balaban J connectivity index is 0.000000186. The summed E-state index contributed by atoms with van der Waals surface area (Å²) in [6.45, 7) is 16.3. The molecule has 0 unspecified atom stereocenters. The molecule has 2 N–H and O–H groups in total. The van der Waals surface area contributed by atoms with Gasteiger partial charge in [0.1, 0.15) is 0 Å². The van der Waals surface area contributed by atoms with Gasteiger partial charge in [0.2, 0.25) is 0 Å². The van der Waals surface area contributed by atoms with Crippen molar-refractivity contribution < 1.29 is 30.4 Å². The number of hydrogen-bond acceptors (Lipinski definition) is 2. The maximum absolute atomic E-state index is 8.22. The molecule has 258 valence electrons. The van der Waals surface area contributed by atoms with Crippen LogP contribution >= 0.6 is 17.0 Å². The minimum atomic E-state index is -2.61. The molecule has 7 aromatic rings. The van der Waals surface area contributed by atoms with E-state index in [9.17, 15) is 0 Å². The van der Waals surface area contributed by atoms with Gasteiger partial charge in [0, 0.05) is 0 Å². The molecule has 0 radical (unpaired) electrons. The monoisotopic (exact) mass is 796 g/mol. The van der Waals surface area contributed by atoms with Crippen molar-refractivity contribution in [3.05, 3.63) is 144 Å². The van der Waals surface area contributed by atoms with Crippen LogP contribution in [0.15, 0.2) is 127 Å². The average Bonchev–Trinajstić information content (AvgIpc) is 3.67. The summed E-state index contributed by atoms with van der Waals surface area (Å²) in [6.07, 6.45) is 0. The van der Waals surface area contributed by atoms with Crippen LogP contribution in [0.4, 0.5) is 0 Å². The molecule has 0 heterocycles. The average molecular weight is 799 g/mol. The third kappa shape index (κ3) is 10.8. The molecule has 7 rings (SSSR count). The maximum atomic E-state index is 8.22. The van der Waals surface area contributed by atoms with Crippen LogP contribution in [0.5, 0.6) is 0 Å². The van der Waals surface area contributed by atoms with Gasteiger partial charge in [-0.25, -0.2) is 0 Å². The second-order valence-electron chi connectivity index (χ2n) is 14.5.